The Morgan fingerprint density at radius 1 is 0.875 bits per heavy atom. The van der Waals surface area contributed by atoms with Crippen molar-refractivity contribution in [2.24, 2.45) is 0 Å². The van der Waals surface area contributed by atoms with Gasteiger partial charge in [0.1, 0.15) is 17.1 Å². The fraction of sp³-hybridized carbons (Fsp3) is 0.115. The Morgan fingerprint density at radius 2 is 1.59 bits per heavy atom. The molecule has 1 aromatic heterocycles. The molecular formula is C26H20O6. The average molecular weight is 428 g/mol. The average Bonchev–Trinajstić information content (AvgIpc) is 2.82. The quantitative estimate of drug-likeness (QED) is 0.322. The first-order valence-corrected chi connectivity index (χ1v) is 10.1. The Labute approximate surface area is 184 Å². The molecule has 6 heteroatoms. The molecule has 0 N–H and O–H groups in total. The molecule has 0 unspecified atom stereocenters. The Bertz CT molecular complexity index is 1350. The SMILES string of the molecule is CCOC(=O)c1cccc2c(=O)c(C)c(-c3ccc(OC(=O)c4ccccc4)cc3)oc12. The second kappa shape index (κ2) is 8.89. The predicted octanol–water partition coefficient (Wildman–Crippen LogP) is 5.16. The number of ether oxygens (including phenoxy) is 2. The summed E-state index contributed by atoms with van der Waals surface area (Å²) in [5.74, 6) is -0.333. The minimum absolute atomic E-state index is 0.177. The van der Waals surface area contributed by atoms with E-state index in [1.54, 1.807) is 80.6 Å². The van der Waals surface area contributed by atoms with Crippen LogP contribution in [0.15, 0.2) is 82.0 Å². The molecule has 0 saturated heterocycles. The summed E-state index contributed by atoms with van der Waals surface area (Å²) in [6, 6.07) is 20.1. The number of hydrogen-bond acceptors (Lipinski definition) is 6. The lowest BCUT2D eigenvalue weighted by atomic mass is 10.0. The fourth-order valence-electron chi connectivity index (χ4n) is 3.37. The number of fused-ring (bicyclic) bond motifs is 1. The molecule has 0 fully saturated rings. The van der Waals surface area contributed by atoms with E-state index in [0.717, 1.165) is 0 Å². The van der Waals surface area contributed by atoms with Crippen LogP contribution in [-0.4, -0.2) is 18.5 Å². The third-order valence-electron chi connectivity index (χ3n) is 4.98. The monoisotopic (exact) mass is 428 g/mol. The van der Waals surface area contributed by atoms with Crippen molar-refractivity contribution >= 4 is 22.9 Å². The molecule has 4 rings (SSSR count). The maximum Gasteiger partial charge on any atom is 0.343 e. The van der Waals surface area contributed by atoms with Crippen LogP contribution >= 0.6 is 0 Å². The number of rotatable bonds is 5. The number of para-hydroxylation sites is 1. The van der Waals surface area contributed by atoms with Gasteiger partial charge in [-0.25, -0.2) is 9.59 Å². The van der Waals surface area contributed by atoms with Gasteiger partial charge >= 0.3 is 11.9 Å². The van der Waals surface area contributed by atoms with E-state index in [-0.39, 0.29) is 23.2 Å². The molecule has 6 nitrogen and oxygen atoms in total. The molecule has 0 saturated carbocycles. The van der Waals surface area contributed by atoms with Crippen LogP contribution in [0.3, 0.4) is 0 Å². The summed E-state index contributed by atoms with van der Waals surface area (Å²) in [4.78, 5) is 37.5. The molecule has 0 spiro atoms. The molecule has 0 aliphatic carbocycles. The molecular weight excluding hydrogens is 408 g/mol. The fourth-order valence-corrected chi connectivity index (χ4v) is 3.37. The predicted molar refractivity (Wildman–Crippen MR) is 120 cm³/mol. The highest BCUT2D eigenvalue weighted by Crippen LogP contribution is 2.29. The van der Waals surface area contributed by atoms with Crippen molar-refractivity contribution in [1.82, 2.24) is 0 Å². The minimum atomic E-state index is -0.556. The van der Waals surface area contributed by atoms with E-state index in [2.05, 4.69) is 0 Å². The van der Waals surface area contributed by atoms with Gasteiger partial charge in [-0.15, -0.1) is 0 Å². The molecule has 32 heavy (non-hydrogen) atoms. The van der Waals surface area contributed by atoms with E-state index in [9.17, 15) is 14.4 Å². The Kier molecular flexibility index (Phi) is 5.85. The number of hydrogen-bond donors (Lipinski definition) is 0. The minimum Gasteiger partial charge on any atom is -0.462 e. The van der Waals surface area contributed by atoms with Crippen molar-refractivity contribution in [1.29, 1.82) is 0 Å². The van der Waals surface area contributed by atoms with Gasteiger partial charge in [0.25, 0.3) is 0 Å². The molecule has 0 atom stereocenters. The van der Waals surface area contributed by atoms with Gasteiger partial charge in [0.2, 0.25) is 0 Å². The van der Waals surface area contributed by atoms with Crippen molar-refractivity contribution < 1.29 is 23.5 Å². The molecule has 0 radical (unpaired) electrons. The van der Waals surface area contributed by atoms with E-state index in [0.29, 0.717) is 33.6 Å². The van der Waals surface area contributed by atoms with Crippen LogP contribution in [-0.2, 0) is 4.74 Å². The van der Waals surface area contributed by atoms with Crippen molar-refractivity contribution in [3.05, 3.63) is 99.7 Å². The largest absolute Gasteiger partial charge is 0.462 e. The highest BCUT2D eigenvalue weighted by Gasteiger charge is 2.19. The maximum atomic E-state index is 12.9. The summed E-state index contributed by atoms with van der Waals surface area (Å²) in [6.45, 7) is 3.59. The second-order valence-corrected chi connectivity index (χ2v) is 7.07. The lowest BCUT2D eigenvalue weighted by Crippen LogP contribution is -2.11. The molecule has 4 aromatic rings. The lowest BCUT2D eigenvalue weighted by Gasteiger charge is -2.11. The highest BCUT2D eigenvalue weighted by atomic mass is 16.5. The van der Waals surface area contributed by atoms with Gasteiger partial charge in [-0.05, 0) is 62.4 Å². The third kappa shape index (κ3) is 4.03. The topological polar surface area (TPSA) is 82.8 Å². The van der Waals surface area contributed by atoms with E-state index in [4.69, 9.17) is 13.9 Å². The number of carbonyl (C=O) groups excluding carboxylic acids is 2. The Balaban J connectivity index is 1.71. The van der Waals surface area contributed by atoms with E-state index < -0.39 is 11.9 Å². The van der Waals surface area contributed by atoms with Gasteiger partial charge in [-0.1, -0.05) is 24.3 Å². The number of carbonyl (C=O) groups is 2. The number of esters is 2. The number of benzene rings is 3. The second-order valence-electron chi connectivity index (χ2n) is 7.07. The lowest BCUT2D eigenvalue weighted by molar-refractivity contribution is 0.0527. The van der Waals surface area contributed by atoms with Crippen LogP contribution in [0.5, 0.6) is 5.75 Å². The molecule has 0 bridgehead atoms. The molecule has 1 heterocycles. The van der Waals surface area contributed by atoms with Crippen LogP contribution in [0, 0.1) is 6.92 Å². The standard InChI is InChI=1S/C26H20O6/c1-3-30-26(29)21-11-7-10-20-22(27)16(2)23(32-24(20)21)17-12-14-19(15-13-17)31-25(28)18-8-5-4-6-9-18/h4-15H,3H2,1-2H3. The zero-order chi connectivity index (χ0) is 22.7. The van der Waals surface area contributed by atoms with Crippen LogP contribution in [0.1, 0.15) is 33.2 Å². The molecule has 3 aromatic carbocycles. The van der Waals surface area contributed by atoms with Crippen molar-refractivity contribution in [3.8, 4) is 17.1 Å². The first kappa shape index (κ1) is 21.1. The summed E-state index contributed by atoms with van der Waals surface area (Å²) in [7, 11) is 0. The van der Waals surface area contributed by atoms with E-state index in [1.165, 1.54) is 0 Å². The van der Waals surface area contributed by atoms with Crippen LogP contribution in [0.2, 0.25) is 0 Å². The highest BCUT2D eigenvalue weighted by molar-refractivity contribution is 6.02. The van der Waals surface area contributed by atoms with Crippen molar-refractivity contribution in [2.45, 2.75) is 13.8 Å². The molecule has 0 aliphatic heterocycles. The zero-order valence-electron chi connectivity index (χ0n) is 17.6. The molecule has 0 amide bonds. The summed E-state index contributed by atoms with van der Waals surface area (Å²) >= 11 is 0. The van der Waals surface area contributed by atoms with Crippen LogP contribution < -0.4 is 10.2 Å². The van der Waals surface area contributed by atoms with E-state index in [1.807, 2.05) is 6.07 Å². The molecule has 160 valence electrons. The van der Waals surface area contributed by atoms with Gasteiger partial charge in [0.05, 0.1) is 17.6 Å². The first-order valence-electron chi connectivity index (χ1n) is 10.1. The maximum absolute atomic E-state index is 12.9. The van der Waals surface area contributed by atoms with Gasteiger partial charge in [-0.3, -0.25) is 4.79 Å². The molecule has 0 aliphatic rings. The van der Waals surface area contributed by atoms with Crippen LogP contribution in [0.4, 0.5) is 0 Å². The van der Waals surface area contributed by atoms with Gasteiger partial charge in [0.15, 0.2) is 11.0 Å². The van der Waals surface area contributed by atoms with Gasteiger partial charge < -0.3 is 13.9 Å². The normalized spacial score (nSPS) is 10.7. The third-order valence-corrected chi connectivity index (χ3v) is 4.98. The Hall–Kier alpha value is -4.19. The van der Waals surface area contributed by atoms with Crippen molar-refractivity contribution in [2.75, 3.05) is 6.61 Å². The van der Waals surface area contributed by atoms with E-state index >= 15 is 0 Å². The first-order chi connectivity index (χ1) is 15.5. The van der Waals surface area contributed by atoms with Crippen LogP contribution in [0.25, 0.3) is 22.3 Å². The van der Waals surface area contributed by atoms with Gasteiger partial charge in [0, 0.05) is 11.1 Å². The summed E-state index contributed by atoms with van der Waals surface area (Å²) in [6.07, 6.45) is 0. The van der Waals surface area contributed by atoms with Gasteiger partial charge in [-0.2, -0.15) is 0 Å². The summed E-state index contributed by atoms with van der Waals surface area (Å²) < 4.78 is 16.5. The summed E-state index contributed by atoms with van der Waals surface area (Å²) in [5, 5.41) is 0.310. The Morgan fingerprint density at radius 3 is 2.28 bits per heavy atom. The van der Waals surface area contributed by atoms with Crippen molar-refractivity contribution in [3.63, 3.8) is 0 Å². The smallest absolute Gasteiger partial charge is 0.343 e. The summed E-state index contributed by atoms with van der Waals surface area (Å²) in [5.41, 5.74) is 1.60. The zero-order valence-corrected chi connectivity index (χ0v) is 17.6.